The monoisotopic (exact) mass is 196 g/mol. The highest BCUT2D eigenvalue weighted by atomic mass is 16.1. The quantitative estimate of drug-likeness (QED) is 0.480. The minimum absolute atomic E-state index is 0.0756. The molecule has 0 aliphatic carbocycles. The Bertz CT molecular complexity index is 196. The van der Waals surface area contributed by atoms with Gasteiger partial charge in [-0.1, -0.05) is 53.5 Å². The van der Waals surface area contributed by atoms with Gasteiger partial charge in [-0.05, 0) is 17.9 Å². The Labute approximate surface area is 88.6 Å². The van der Waals surface area contributed by atoms with Gasteiger partial charge in [-0.15, -0.1) is 0 Å². The number of hydrogen-bond acceptors (Lipinski definition) is 1. The summed E-state index contributed by atoms with van der Waals surface area (Å²) < 4.78 is 0. The molecule has 0 aromatic heterocycles. The van der Waals surface area contributed by atoms with E-state index in [-0.39, 0.29) is 17.1 Å². The topological polar surface area (TPSA) is 17.1 Å². The van der Waals surface area contributed by atoms with E-state index < -0.39 is 0 Å². The Morgan fingerprint density at radius 1 is 1.36 bits per heavy atom. The van der Waals surface area contributed by atoms with Crippen molar-refractivity contribution in [2.75, 3.05) is 0 Å². The number of rotatable bonds is 5. The van der Waals surface area contributed by atoms with Crippen molar-refractivity contribution in [3.05, 3.63) is 12.2 Å². The molecule has 0 aromatic rings. The highest BCUT2D eigenvalue weighted by Crippen LogP contribution is 2.26. The summed E-state index contributed by atoms with van der Waals surface area (Å²) in [6, 6.07) is 0. The van der Waals surface area contributed by atoms with E-state index in [1.54, 1.807) is 6.08 Å². The minimum atomic E-state index is 0.0756. The summed E-state index contributed by atoms with van der Waals surface area (Å²) in [6.07, 6.45) is 7.15. The first kappa shape index (κ1) is 13.4. The third kappa shape index (κ3) is 5.21. The minimum Gasteiger partial charge on any atom is -0.295 e. The van der Waals surface area contributed by atoms with Crippen LogP contribution < -0.4 is 0 Å². The Hall–Kier alpha value is -0.590. The lowest BCUT2D eigenvalue weighted by Gasteiger charge is -2.24. The molecule has 0 saturated carbocycles. The summed E-state index contributed by atoms with van der Waals surface area (Å²) in [4.78, 5) is 11.7. The molecule has 0 saturated heterocycles. The predicted molar refractivity (Wildman–Crippen MR) is 62.3 cm³/mol. The number of carbonyl (C=O) groups excluding carboxylic acids is 1. The van der Waals surface area contributed by atoms with Gasteiger partial charge >= 0.3 is 0 Å². The first-order valence-electron chi connectivity index (χ1n) is 5.60. The van der Waals surface area contributed by atoms with E-state index >= 15 is 0 Å². The molecule has 0 rings (SSSR count). The van der Waals surface area contributed by atoms with Crippen molar-refractivity contribution in [2.45, 2.75) is 53.9 Å². The largest absolute Gasteiger partial charge is 0.295 e. The molecule has 1 heteroatoms. The highest BCUT2D eigenvalue weighted by Gasteiger charge is 2.24. The Kier molecular flexibility index (Phi) is 5.75. The lowest BCUT2D eigenvalue weighted by molar-refractivity contribution is -0.120. The van der Waals surface area contributed by atoms with Crippen LogP contribution in [0.25, 0.3) is 0 Å². The summed E-state index contributed by atoms with van der Waals surface area (Å²) in [7, 11) is 0. The van der Waals surface area contributed by atoms with E-state index in [0.29, 0.717) is 0 Å². The van der Waals surface area contributed by atoms with E-state index in [4.69, 9.17) is 0 Å². The van der Waals surface area contributed by atoms with Crippen LogP contribution in [-0.4, -0.2) is 5.78 Å². The fourth-order valence-corrected chi connectivity index (χ4v) is 1.09. The first-order chi connectivity index (χ1) is 6.39. The summed E-state index contributed by atoms with van der Waals surface area (Å²) in [6.45, 7) is 10.5. The fraction of sp³-hybridized carbons (Fsp3) is 0.769. The lowest BCUT2D eigenvalue weighted by Crippen LogP contribution is -2.24. The van der Waals surface area contributed by atoms with Crippen molar-refractivity contribution < 1.29 is 4.79 Å². The lowest BCUT2D eigenvalue weighted by atomic mass is 9.79. The Morgan fingerprint density at radius 2 is 1.93 bits per heavy atom. The van der Waals surface area contributed by atoms with Crippen LogP contribution in [0.15, 0.2) is 12.2 Å². The molecule has 0 aromatic carbocycles. The Morgan fingerprint density at radius 3 is 2.36 bits per heavy atom. The summed E-state index contributed by atoms with van der Waals surface area (Å²) in [5.41, 5.74) is 0.0756. The van der Waals surface area contributed by atoms with Gasteiger partial charge in [0.25, 0.3) is 0 Å². The fourth-order valence-electron chi connectivity index (χ4n) is 1.09. The third-order valence-corrected chi connectivity index (χ3v) is 2.73. The summed E-state index contributed by atoms with van der Waals surface area (Å²) >= 11 is 0. The van der Waals surface area contributed by atoms with Gasteiger partial charge in [0.05, 0.1) is 0 Å². The number of ketones is 1. The van der Waals surface area contributed by atoms with E-state index in [2.05, 4.69) is 27.7 Å². The average molecular weight is 196 g/mol. The maximum absolute atomic E-state index is 11.7. The van der Waals surface area contributed by atoms with Crippen molar-refractivity contribution in [1.29, 1.82) is 0 Å². The Balaban J connectivity index is 4.02. The van der Waals surface area contributed by atoms with Crippen LogP contribution in [0.3, 0.4) is 0 Å². The molecule has 0 radical (unpaired) electrons. The van der Waals surface area contributed by atoms with Crippen LogP contribution in [0.2, 0.25) is 0 Å². The van der Waals surface area contributed by atoms with Gasteiger partial charge in [0, 0.05) is 5.92 Å². The van der Waals surface area contributed by atoms with E-state index in [1.165, 1.54) is 12.8 Å². The SMILES string of the molecule is CCCCC=CC(=O)C(C)C(C)(C)C. The second-order valence-corrected chi connectivity index (χ2v) is 5.03. The second kappa shape index (κ2) is 6.00. The zero-order chi connectivity index (χ0) is 11.2. The van der Waals surface area contributed by atoms with Crippen LogP contribution in [-0.2, 0) is 4.79 Å². The predicted octanol–water partition coefficient (Wildman–Crippen LogP) is 3.98. The molecule has 0 spiro atoms. The van der Waals surface area contributed by atoms with E-state index in [9.17, 15) is 4.79 Å². The molecule has 14 heavy (non-hydrogen) atoms. The molecule has 0 bridgehead atoms. The zero-order valence-electron chi connectivity index (χ0n) is 10.3. The van der Waals surface area contributed by atoms with Gasteiger partial charge in [-0.3, -0.25) is 4.79 Å². The van der Waals surface area contributed by atoms with Crippen molar-refractivity contribution in [2.24, 2.45) is 11.3 Å². The molecule has 0 amide bonds. The number of hydrogen-bond donors (Lipinski definition) is 0. The average Bonchev–Trinajstić information content (AvgIpc) is 2.09. The molecule has 0 heterocycles. The van der Waals surface area contributed by atoms with E-state index in [1.807, 2.05) is 13.0 Å². The molecule has 1 nitrogen and oxygen atoms in total. The van der Waals surface area contributed by atoms with Gasteiger partial charge in [-0.2, -0.15) is 0 Å². The molecule has 0 N–H and O–H groups in total. The second-order valence-electron chi connectivity index (χ2n) is 5.03. The molecule has 0 fully saturated rings. The third-order valence-electron chi connectivity index (χ3n) is 2.73. The smallest absolute Gasteiger partial charge is 0.158 e. The number of carbonyl (C=O) groups is 1. The van der Waals surface area contributed by atoms with Crippen molar-refractivity contribution >= 4 is 5.78 Å². The standard InChI is InChI=1S/C13H24O/c1-6-7-8-9-10-12(14)11(2)13(3,4)5/h9-11H,6-8H2,1-5H3. The molecular weight excluding hydrogens is 172 g/mol. The maximum atomic E-state index is 11.7. The van der Waals surface area contributed by atoms with Gasteiger partial charge in [0.15, 0.2) is 5.78 Å². The van der Waals surface area contributed by atoms with Crippen LogP contribution in [0.4, 0.5) is 0 Å². The maximum Gasteiger partial charge on any atom is 0.158 e. The molecule has 82 valence electrons. The van der Waals surface area contributed by atoms with Gasteiger partial charge in [-0.25, -0.2) is 0 Å². The normalized spacial score (nSPS) is 14.6. The van der Waals surface area contributed by atoms with Crippen LogP contribution in [0.5, 0.6) is 0 Å². The molecule has 0 aliphatic rings. The molecule has 1 atom stereocenters. The number of allylic oxidation sites excluding steroid dienone is 2. The van der Waals surface area contributed by atoms with Crippen LogP contribution in [0, 0.1) is 11.3 Å². The van der Waals surface area contributed by atoms with Gasteiger partial charge in [0.2, 0.25) is 0 Å². The molecule has 1 unspecified atom stereocenters. The molecular formula is C13H24O. The van der Waals surface area contributed by atoms with Crippen molar-refractivity contribution in [1.82, 2.24) is 0 Å². The molecule has 0 aliphatic heterocycles. The van der Waals surface area contributed by atoms with Crippen LogP contribution in [0.1, 0.15) is 53.9 Å². The summed E-state index contributed by atoms with van der Waals surface area (Å²) in [5, 5.41) is 0. The van der Waals surface area contributed by atoms with E-state index in [0.717, 1.165) is 6.42 Å². The highest BCUT2D eigenvalue weighted by molar-refractivity contribution is 5.91. The van der Waals surface area contributed by atoms with Gasteiger partial charge < -0.3 is 0 Å². The van der Waals surface area contributed by atoms with Crippen molar-refractivity contribution in [3.8, 4) is 0 Å². The zero-order valence-corrected chi connectivity index (χ0v) is 10.3. The summed E-state index contributed by atoms with van der Waals surface area (Å²) in [5.74, 6) is 0.369. The van der Waals surface area contributed by atoms with Gasteiger partial charge in [0.1, 0.15) is 0 Å². The van der Waals surface area contributed by atoms with Crippen molar-refractivity contribution in [3.63, 3.8) is 0 Å². The van der Waals surface area contributed by atoms with Crippen LogP contribution >= 0.6 is 0 Å². The number of unbranched alkanes of at least 4 members (excludes halogenated alkanes) is 2. The first-order valence-corrected chi connectivity index (χ1v) is 5.60.